The van der Waals surface area contributed by atoms with Crippen molar-refractivity contribution >= 4 is 17.6 Å². The minimum atomic E-state index is 0.387. The van der Waals surface area contributed by atoms with Crippen molar-refractivity contribution in [2.75, 3.05) is 17.2 Å². The van der Waals surface area contributed by atoms with Crippen molar-refractivity contribution in [1.82, 2.24) is 9.78 Å². The third-order valence-corrected chi connectivity index (χ3v) is 3.54. The Balaban J connectivity index is 2.23. The molecule has 74 valence electrons. The quantitative estimate of drug-likeness (QED) is 0.757. The molecule has 4 nitrogen and oxygen atoms in total. The van der Waals surface area contributed by atoms with Crippen LogP contribution in [-0.2, 0) is 0 Å². The summed E-state index contributed by atoms with van der Waals surface area (Å²) in [7, 11) is 0. The van der Waals surface area contributed by atoms with E-state index in [0.29, 0.717) is 17.4 Å². The molecule has 0 amide bonds. The van der Waals surface area contributed by atoms with Crippen LogP contribution < -0.4 is 5.73 Å². The fourth-order valence-electron chi connectivity index (χ4n) is 1.68. The fraction of sp³-hybridized carbons (Fsp3) is 0.556. The van der Waals surface area contributed by atoms with E-state index in [1.54, 1.807) is 10.9 Å². The first-order chi connectivity index (χ1) is 6.83. The summed E-state index contributed by atoms with van der Waals surface area (Å²) in [6, 6.07) is 2.43. The fourth-order valence-corrected chi connectivity index (χ4v) is 2.76. The molecule has 0 atom stereocenters. The van der Waals surface area contributed by atoms with E-state index >= 15 is 0 Å². The first-order valence-corrected chi connectivity index (χ1v) is 5.79. The number of nitriles is 1. The van der Waals surface area contributed by atoms with Crippen LogP contribution in [0.5, 0.6) is 0 Å². The maximum Gasteiger partial charge on any atom is 0.140 e. The summed E-state index contributed by atoms with van der Waals surface area (Å²) in [4.78, 5) is 0. The van der Waals surface area contributed by atoms with E-state index in [-0.39, 0.29) is 0 Å². The van der Waals surface area contributed by atoms with Crippen LogP contribution in [0.4, 0.5) is 5.82 Å². The normalized spacial score (nSPS) is 17.9. The Morgan fingerprint density at radius 1 is 1.57 bits per heavy atom. The van der Waals surface area contributed by atoms with E-state index in [2.05, 4.69) is 5.10 Å². The highest BCUT2D eigenvalue weighted by molar-refractivity contribution is 7.99. The molecule has 1 fully saturated rings. The van der Waals surface area contributed by atoms with Gasteiger partial charge in [0.05, 0.1) is 12.2 Å². The number of thioether (sulfide) groups is 1. The maximum absolute atomic E-state index is 8.74. The van der Waals surface area contributed by atoms with Crippen LogP contribution in [0, 0.1) is 11.3 Å². The first kappa shape index (κ1) is 9.41. The lowest BCUT2D eigenvalue weighted by Crippen LogP contribution is -2.18. The van der Waals surface area contributed by atoms with Gasteiger partial charge in [0.2, 0.25) is 0 Å². The Bertz CT molecular complexity index is 359. The Morgan fingerprint density at radius 2 is 2.29 bits per heavy atom. The smallest absolute Gasteiger partial charge is 0.140 e. The summed E-state index contributed by atoms with van der Waals surface area (Å²) in [5, 5.41) is 12.9. The number of nitrogens with zero attached hydrogens (tertiary/aromatic N) is 3. The molecule has 0 unspecified atom stereocenters. The zero-order valence-corrected chi connectivity index (χ0v) is 8.63. The van der Waals surface area contributed by atoms with Gasteiger partial charge in [-0.1, -0.05) is 0 Å². The van der Waals surface area contributed by atoms with Crippen molar-refractivity contribution in [3.8, 4) is 6.07 Å². The number of nitrogens with two attached hydrogens (primary N) is 1. The largest absolute Gasteiger partial charge is 0.383 e. The Morgan fingerprint density at radius 3 is 2.86 bits per heavy atom. The van der Waals surface area contributed by atoms with E-state index in [0.717, 1.165) is 24.3 Å². The summed E-state index contributed by atoms with van der Waals surface area (Å²) >= 11 is 1.96. The summed E-state index contributed by atoms with van der Waals surface area (Å²) in [6.07, 6.45) is 3.75. The van der Waals surface area contributed by atoms with Gasteiger partial charge in [0.25, 0.3) is 0 Å². The molecule has 2 N–H and O–H groups in total. The van der Waals surface area contributed by atoms with E-state index in [1.165, 1.54) is 0 Å². The number of nitrogen functional groups attached to an aromatic ring is 1. The van der Waals surface area contributed by atoms with Gasteiger partial charge in [-0.25, -0.2) is 4.68 Å². The molecule has 1 aliphatic rings. The molecule has 0 spiro atoms. The van der Waals surface area contributed by atoms with Crippen molar-refractivity contribution < 1.29 is 0 Å². The van der Waals surface area contributed by atoms with Crippen LogP contribution in [0.2, 0.25) is 0 Å². The van der Waals surface area contributed by atoms with Gasteiger partial charge in [-0.05, 0) is 24.3 Å². The highest BCUT2D eigenvalue weighted by Gasteiger charge is 2.19. The van der Waals surface area contributed by atoms with E-state index in [9.17, 15) is 0 Å². The second kappa shape index (κ2) is 3.93. The molecule has 5 heteroatoms. The second-order valence-corrected chi connectivity index (χ2v) is 4.57. The topological polar surface area (TPSA) is 67.6 Å². The summed E-state index contributed by atoms with van der Waals surface area (Å²) in [5.41, 5.74) is 6.30. The molecule has 0 radical (unpaired) electrons. The molecule has 1 aliphatic heterocycles. The molecule has 14 heavy (non-hydrogen) atoms. The average Bonchev–Trinajstić information content (AvgIpc) is 2.61. The van der Waals surface area contributed by atoms with Crippen LogP contribution in [0.3, 0.4) is 0 Å². The predicted octanol–water partition coefficient (Wildman–Crippen LogP) is 1.41. The molecule has 0 aliphatic carbocycles. The van der Waals surface area contributed by atoms with Crippen LogP contribution in [0.15, 0.2) is 6.20 Å². The molecule has 0 saturated carbocycles. The SMILES string of the molecule is N#Cc1cnn(C2CCSCC2)c1N. The second-order valence-electron chi connectivity index (χ2n) is 3.34. The van der Waals surface area contributed by atoms with Gasteiger partial charge in [0.1, 0.15) is 17.5 Å². The lowest BCUT2D eigenvalue weighted by molar-refractivity contribution is 0.432. The monoisotopic (exact) mass is 208 g/mol. The van der Waals surface area contributed by atoms with Gasteiger partial charge in [-0.2, -0.15) is 22.1 Å². The Labute approximate surface area is 87.1 Å². The molecule has 1 aromatic heterocycles. The molecular formula is C9H12N4S. The maximum atomic E-state index is 8.74. The van der Waals surface area contributed by atoms with Crippen molar-refractivity contribution in [1.29, 1.82) is 5.26 Å². The number of aromatic nitrogens is 2. The van der Waals surface area contributed by atoms with Gasteiger partial charge in [-0.3, -0.25) is 0 Å². The molecular weight excluding hydrogens is 196 g/mol. The first-order valence-electron chi connectivity index (χ1n) is 4.63. The molecule has 2 heterocycles. The Hall–Kier alpha value is -1.15. The van der Waals surface area contributed by atoms with Gasteiger partial charge in [0.15, 0.2) is 0 Å². The van der Waals surface area contributed by atoms with Gasteiger partial charge >= 0.3 is 0 Å². The third kappa shape index (κ3) is 1.58. The minimum Gasteiger partial charge on any atom is -0.383 e. The highest BCUT2D eigenvalue weighted by atomic mass is 32.2. The van der Waals surface area contributed by atoms with Crippen LogP contribution in [-0.4, -0.2) is 21.3 Å². The molecule has 1 aromatic rings. The number of hydrogen-bond donors (Lipinski definition) is 1. The highest BCUT2D eigenvalue weighted by Crippen LogP contribution is 2.28. The number of hydrogen-bond acceptors (Lipinski definition) is 4. The summed E-state index contributed by atoms with van der Waals surface area (Å²) in [6.45, 7) is 0. The van der Waals surface area contributed by atoms with Gasteiger partial charge < -0.3 is 5.73 Å². The van der Waals surface area contributed by atoms with Crippen LogP contribution in [0.25, 0.3) is 0 Å². The minimum absolute atomic E-state index is 0.387. The third-order valence-electron chi connectivity index (χ3n) is 2.49. The van der Waals surface area contributed by atoms with E-state index < -0.39 is 0 Å². The van der Waals surface area contributed by atoms with Crippen LogP contribution >= 0.6 is 11.8 Å². The zero-order chi connectivity index (χ0) is 9.97. The van der Waals surface area contributed by atoms with Crippen molar-refractivity contribution in [3.63, 3.8) is 0 Å². The number of anilines is 1. The summed E-state index contributed by atoms with van der Waals surface area (Å²) in [5.74, 6) is 2.84. The van der Waals surface area contributed by atoms with Crippen molar-refractivity contribution in [2.24, 2.45) is 0 Å². The predicted molar refractivity (Wildman–Crippen MR) is 57.0 cm³/mol. The molecule has 2 rings (SSSR count). The summed E-state index contributed by atoms with van der Waals surface area (Å²) < 4.78 is 1.80. The average molecular weight is 208 g/mol. The Kier molecular flexibility index (Phi) is 2.64. The lowest BCUT2D eigenvalue weighted by atomic mass is 10.1. The lowest BCUT2D eigenvalue weighted by Gasteiger charge is -2.22. The zero-order valence-electron chi connectivity index (χ0n) is 7.81. The van der Waals surface area contributed by atoms with Crippen molar-refractivity contribution in [3.05, 3.63) is 11.8 Å². The molecule has 0 bridgehead atoms. The van der Waals surface area contributed by atoms with E-state index in [1.807, 2.05) is 17.8 Å². The molecule has 0 aromatic carbocycles. The van der Waals surface area contributed by atoms with Crippen molar-refractivity contribution in [2.45, 2.75) is 18.9 Å². The van der Waals surface area contributed by atoms with Crippen LogP contribution in [0.1, 0.15) is 24.4 Å². The van der Waals surface area contributed by atoms with Gasteiger partial charge in [0, 0.05) is 0 Å². The number of rotatable bonds is 1. The van der Waals surface area contributed by atoms with E-state index in [4.69, 9.17) is 11.0 Å². The molecule has 1 saturated heterocycles. The van der Waals surface area contributed by atoms with Gasteiger partial charge in [-0.15, -0.1) is 0 Å². The standard InChI is InChI=1S/C9H12N4S/c10-5-7-6-12-13(9(7)11)8-1-3-14-4-2-8/h6,8H,1-4,11H2.